The van der Waals surface area contributed by atoms with Crippen LogP contribution in [0.25, 0.3) is 5.52 Å². The summed E-state index contributed by atoms with van der Waals surface area (Å²) >= 11 is 0. The van der Waals surface area contributed by atoms with Gasteiger partial charge in [-0.1, -0.05) is 0 Å². The highest BCUT2D eigenvalue weighted by Crippen LogP contribution is 2.30. The summed E-state index contributed by atoms with van der Waals surface area (Å²) in [4.78, 5) is 16.1. The number of aliphatic hydroxyl groups is 1. The predicted octanol–water partition coefficient (Wildman–Crippen LogP) is 2.01. The summed E-state index contributed by atoms with van der Waals surface area (Å²) < 4.78 is 7.37. The van der Waals surface area contributed by atoms with Crippen LogP contribution >= 0.6 is 0 Å². The molecule has 3 saturated heterocycles. The molecule has 0 radical (unpaired) electrons. The average molecular weight is 442 g/mol. The highest BCUT2D eigenvalue weighted by Gasteiger charge is 2.29. The van der Waals surface area contributed by atoms with Gasteiger partial charge in [-0.3, -0.25) is 4.79 Å². The Kier molecular flexibility index (Phi) is 6.35. The third kappa shape index (κ3) is 4.63. The van der Waals surface area contributed by atoms with E-state index in [4.69, 9.17) is 4.74 Å². The van der Waals surface area contributed by atoms with Crippen molar-refractivity contribution in [2.24, 2.45) is 11.8 Å². The van der Waals surface area contributed by atoms with Crippen molar-refractivity contribution in [3.8, 4) is 0 Å². The second-order valence-corrected chi connectivity index (χ2v) is 9.77. The fourth-order valence-corrected chi connectivity index (χ4v) is 5.62. The van der Waals surface area contributed by atoms with Crippen LogP contribution in [0.15, 0.2) is 24.5 Å². The topological polar surface area (TPSA) is 82.3 Å². The van der Waals surface area contributed by atoms with E-state index in [9.17, 15) is 9.90 Å². The molecule has 3 aliphatic rings. The van der Waals surface area contributed by atoms with Crippen LogP contribution in [0, 0.1) is 11.8 Å². The lowest BCUT2D eigenvalue weighted by Gasteiger charge is -2.40. The number of rotatable bonds is 5. The summed E-state index contributed by atoms with van der Waals surface area (Å²) in [6.45, 7) is 7.13. The third-order valence-electron chi connectivity index (χ3n) is 7.52. The van der Waals surface area contributed by atoms with E-state index in [0.29, 0.717) is 24.9 Å². The first-order valence-corrected chi connectivity index (χ1v) is 12.1. The lowest BCUT2D eigenvalue weighted by molar-refractivity contribution is -0.125. The number of aromatic nitrogens is 2. The van der Waals surface area contributed by atoms with Crippen LogP contribution in [0.5, 0.6) is 0 Å². The van der Waals surface area contributed by atoms with Crippen molar-refractivity contribution in [1.82, 2.24) is 19.8 Å². The lowest BCUT2D eigenvalue weighted by atomic mass is 9.85. The number of likely N-dealkylation sites (tertiary alicyclic amines) is 1. The third-order valence-corrected chi connectivity index (χ3v) is 7.52. The number of amides is 1. The van der Waals surface area contributed by atoms with Crippen LogP contribution in [0.3, 0.4) is 0 Å². The van der Waals surface area contributed by atoms with Crippen molar-refractivity contribution >= 4 is 17.1 Å². The van der Waals surface area contributed by atoms with Gasteiger partial charge in [0.05, 0.1) is 17.4 Å². The van der Waals surface area contributed by atoms with Gasteiger partial charge in [-0.05, 0) is 75.1 Å². The molecule has 0 saturated carbocycles. The van der Waals surface area contributed by atoms with E-state index >= 15 is 0 Å². The summed E-state index contributed by atoms with van der Waals surface area (Å²) in [5.74, 6) is 1.35. The van der Waals surface area contributed by atoms with E-state index in [1.807, 2.05) is 15.6 Å². The van der Waals surface area contributed by atoms with Crippen molar-refractivity contribution in [3.05, 3.63) is 30.1 Å². The molecule has 3 atom stereocenters. The quantitative estimate of drug-likeness (QED) is 0.739. The van der Waals surface area contributed by atoms with Crippen molar-refractivity contribution < 1.29 is 14.6 Å². The lowest BCUT2D eigenvalue weighted by Crippen LogP contribution is -2.54. The Hall–Kier alpha value is -2.16. The van der Waals surface area contributed by atoms with E-state index in [0.717, 1.165) is 36.8 Å². The minimum absolute atomic E-state index is 0.122. The number of carbonyl (C=O) groups excluding carboxylic acids is 1. The Morgan fingerprint density at radius 1 is 1.22 bits per heavy atom. The fraction of sp³-hybridized carbons (Fsp3) is 0.667. The van der Waals surface area contributed by atoms with E-state index in [-0.39, 0.29) is 5.91 Å². The molecule has 3 fully saturated rings. The van der Waals surface area contributed by atoms with Gasteiger partial charge in [0.1, 0.15) is 0 Å². The summed E-state index contributed by atoms with van der Waals surface area (Å²) in [7, 11) is 0. The van der Waals surface area contributed by atoms with Crippen LogP contribution in [-0.4, -0.2) is 70.8 Å². The van der Waals surface area contributed by atoms with Crippen LogP contribution in [0.1, 0.15) is 44.6 Å². The Bertz CT molecular complexity index is 941. The Balaban J connectivity index is 1.23. The van der Waals surface area contributed by atoms with Gasteiger partial charge < -0.3 is 25.0 Å². The number of hydrogen-bond acceptors (Lipinski definition) is 6. The smallest absolute Gasteiger partial charge is 0.225 e. The number of nitrogens with one attached hydrogen (secondary N) is 1. The monoisotopic (exact) mass is 441 g/mol. The van der Waals surface area contributed by atoms with E-state index < -0.39 is 6.35 Å². The molecule has 1 amide bonds. The highest BCUT2D eigenvalue weighted by atomic mass is 16.5. The molecule has 3 aliphatic heterocycles. The zero-order chi connectivity index (χ0) is 22.1. The van der Waals surface area contributed by atoms with Gasteiger partial charge in [-0.2, -0.15) is 5.10 Å². The molecule has 1 unspecified atom stereocenters. The SMILES string of the molecule is C[C@@H]1C[C@H](Cc2ccn3ncc(N4CCC(=O)NC4O)c3c2)CCN1CC1CCOCC1. The van der Waals surface area contributed by atoms with Crippen molar-refractivity contribution in [3.63, 3.8) is 0 Å². The average Bonchev–Trinajstić information content (AvgIpc) is 3.19. The molecule has 5 rings (SSSR count). The first-order chi connectivity index (χ1) is 15.6. The zero-order valence-corrected chi connectivity index (χ0v) is 18.9. The Morgan fingerprint density at radius 2 is 2.06 bits per heavy atom. The number of fused-ring (bicyclic) bond motifs is 1. The number of piperidine rings is 1. The molecule has 0 aliphatic carbocycles. The maximum Gasteiger partial charge on any atom is 0.225 e. The van der Waals surface area contributed by atoms with Crippen LogP contribution in [-0.2, 0) is 16.0 Å². The minimum Gasteiger partial charge on any atom is -0.381 e. The zero-order valence-electron chi connectivity index (χ0n) is 18.9. The maximum absolute atomic E-state index is 11.6. The molecule has 2 aromatic rings. The van der Waals surface area contributed by atoms with Gasteiger partial charge in [-0.15, -0.1) is 0 Å². The normalized spacial score (nSPS) is 28.2. The van der Waals surface area contributed by atoms with Gasteiger partial charge in [0.25, 0.3) is 0 Å². The standard InChI is InChI=1S/C24H35N5O3/c1-17-12-19(2-7-27(17)16-18-5-10-32-11-6-18)13-20-3-9-29-21(14-20)22(15-25-29)28-8-4-23(30)26-24(28)31/h3,9,14-15,17-19,24,31H,2,4-8,10-13,16H2,1H3,(H,26,30)/t17-,19-,24?/m1/s1. The first kappa shape index (κ1) is 21.7. The van der Waals surface area contributed by atoms with Crippen LogP contribution in [0.4, 0.5) is 5.69 Å². The van der Waals surface area contributed by atoms with E-state index in [1.54, 1.807) is 6.20 Å². The molecular weight excluding hydrogens is 406 g/mol. The van der Waals surface area contributed by atoms with Crippen molar-refractivity contribution in [2.45, 2.75) is 57.8 Å². The number of hydrogen-bond donors (Lipinski definition) is 2. The summed E-state index contributed by atoms with van der Waals surface area (Å²) in [5, 5.41) is 17.4. The summed E-state index contributed by atoms with van der Waals surface area (Å²) in [6, 6.07) is 4.99. The van der Waals surface area contributed by atoms with Crippen LogP contribution in [0.2, 0.25) is 0 Å². The van der Waals surface area contributed by atoms with Crippen molar-refractivity contribution in [1.29, 1.82) is 0 Å². The Morgan fingerprint density at radius 3 is 2.84 bits per heavy atom. The summed E-state index contributed by atoms with van der Waals surface area (Å²) in [6.07, 6.45) is 9.09. The van der Waals surface area contributed by atoms with Gasteiger partial charge >= 0.3 is 0 Å². The molecule has 8 nitrogen and oxygen atoms in total. The molecule has 174 valence electrons. The minimum atomic E-state index is -1.01. The summed E-state index contributed by atoms with van der Waals surface area (Å²) in [5.41, 5.74) is 3.14. The number of carbonyl (C=O) groups is 1. The number of nitrogens with zero attached hydrogens (tertiary/aromatic N) is 4. The molecule has 0 spiro atoms. The molecular formula is C24H35N5O3. The van der Waals surface area contributed by atoms with Gasteiger partial charge in [0.15, 0.2) is 0 Å². The maximum atomic E-state index is 11.6. The predicted molar refractivity (Wildman–Crippen MR) is 122 cm³/mol. The molecule has 32 heavy (non-hydrogen) atoms. The molecule has 0 aromatic carbocycles. The van der Waals surface area contributed by atoms with Gasteiger partial charge in [0.2, 0.25) is 12.3 Å². The van der Waals surface area contributed by atoms with Crippen LogP contribution < -0.4 is 10.2 Å². The molecule has 5 heterocycles. The van der Waals surface area contributed by atoms with E-state index in [1.165, 1.54) is 44.3 Å². The number of pyridine rings is 1. The second kappa shape index (κ2) is 9.37. The fourth-order valence-electron chi connectivity index (χ4n) is 5.62. The second-order valence-electron chi connectivity index (χ2n) is 9.77. The molecule has 2 N–H and O–H groups in total. The van der Waals surface area contributed by atoms with Gasteiger partial charge in [0, 0.05) is 45.0 Å². The van der Waals surface area contributed by atoms with Crippen molar-refractivity contribution in [2.75, 3.05) is 37.7 Å². The first-order valence-electron chi connectivity index (χ1n) is 12.1. The number of aliphatic hydroxyl groups excluding tert-OH is 1. The Labute approximate surface area is 189 Å². The van der Waals surface area contributed by atoms with E-state index in [2.05, 4.69) is 34.4 Å². The van der Waals surface area contributed by atoms with Gasteiger partial charge in [-0.25, -0.2) is 4.52 Å². The largest absolute Gasteiger partial charge is 0.381 e. The molecule has 8 heteroatoms. The number of ether oxygens (including phenoxy) is 1. The highest BCUT2D eigenvalue weighted by molar-refractivity contribution is 5.81. The number of anilines is 1. The molecule has 2 aromatic heterocycles. The molecule has 0 bridgehead atoms.